The van der Waals surface area contributed by atoms with E-state index in [1.165, 1.54) is 0 Å². The topological polar surface area (TPSA) is 106 Å². The Bertz CT molecular complexity index is 511. The van der Waals surface area contributed by atoms with Crippen molar-refractivity contribution in [1.82, 2.24) is 10.3 Å². The lowest BCUT2D eigenvalue weighted by Crippen LogP contribution is -2.49. The lowest BCUT2D eigenvalue weighted by Gasteiger charge is -2.34. The zero-order chi connectivity index (χ0) is 15.8. The second kappa shape index (κ2) is 11.2. The summed E-state index contributed by atoms with van der Waals surface area (Å²) in [5.74, 6) is -0.255. The van der Waals surface area contributed by atoms with E-state index >= 15 is 0 Å². The summed E-state index contributed by atoms with van der Waals surface area (Å²) in [6, 6.07) is 3.50. The Hall–Kier alpha value is -1.41. The molecule has 1 saturated heterocycles. The first-order chi connectivity index (χ1) is 10.7. The van der Waals surface area contributed by atoms with E-state index in [1.807, 2.05) is 0 Å². The molecule has 4 N–H and O–H groups in total. The third-order valence-electron chi connectivity index (χ3n) is 3.91. The predicted octanol–water partition coefficient (Wildman–Crippen LogP) is 1.13. The SMILES string of the molecule is Cl.Cl.NCC1(C(=O)NCCC(=O)Nc2cccnc2)CCOCC1. The Morgan fingerprint density at radius 3 is 2.58 bits per heavy atom. The van der Waals surface area contributed by atoms with Gasteiger partial charge in [-0.25, -0.2) is 0 Å². The number of hydrogen-bond acceptors (Lipinski definition) is 5. The molecule has 2 heterocycles. The van der Waals surface area contributed by atoms with E-state index in [-0.39, 0.29) is 49.6 Å². The molecule has 1 aromatic rings. The van der Waals surface area contributed by atoms with Crippen molar-refractivity contribution >= 4 is 42.3 Å². The van der Waals surface area contributed by atoms with Crippen LogP contribution in [0.4, 0.5) is 5.69 Å². The summed E-state index contributed by atoms with van der Waals surface area (Å²) in [6.07, 6.45) is 4.66. The van der Waals surface area contributed by atoms with Crippen LogP contribution in [0, 0.1) is 5.41 Å². The molecular weight excluding hydrogens is 355 g/mol. The van der Waals surface area contributed by atoms with Gasteiger partial charge in [0.2, 0.25) is 11.8 Å². The van der Waals surface area contributed by atoms with Crippen LogP contribution in [0.2, 0.25) is 0 Å². The molecule has 1 aliphatic heterocycles. The van der Waals surface area contributed by atoms with Crippen LogP contribution in [0.5, 0.6) is 0 Å². The third-order valence-corrected chi connectivity index (χ3v) is 3.91. The highest BCUT2D eigenvalue weighted by Gasteiger charge is 2.38. The van der Waals surface area contributed by atoms with Crippen molar-refractivity contribution in [2.75, 3.05) is 31.6 Å². The van der Waals surface area contributed by atoms with Crippen molar-refractivity contribution < 1.29 is 14.3 Å². The van der Waals surface area contributed by atoms with Gasteiger partial charge in [0, 0.05) is 38.9 Å². The fourth-order valence-corrected chi connectivity index (χ4v) is 2.42. The smallest absolute Gasteiger partial charge is 0.227 e. The average molecular weight is 379 g/mol. The second-order valence-electron chi connectivity index (χ2n) is 5.39. The molecule has 0 unspecified atom stereocenters. The van der Waals surface area contributed by atoms with Gasteiger partial charge in [0.25, 0.3) is 0 Å². The summed E-state index contributed by atoms with van der Waals surface area (Å²) in [4.78, 5) is 28.0. The number of nitrogens with zero attached hydrogens (tertiary/aromatic N) is 1. The number of nitrogens with one attached hydrogen (secondary N) is 2. The van der Waals surface area contributed by atoms with Crippen LogP contribution >= 0.6 is 24.8 Å². The van der Waals surface area contributed by atoms with Gasteiger partial charge in [-0.3, -0.25) is 14.6 Å². The minimum atomic E-state index is -0.557. The normalized spacial score (nSPS) is 15.4. The monoisotopic (exact) mass is 378 g/mol. The molecule has 7 nitrogen and oxygen atoms in total. The average Bonchev–Trinajstić information content (AvgIpc) is 2.56. The van der Waals surface area contributed by atoms with Crippen LogP contribution in [-0.4, -0.2) is 43.1 Å². The molecular formula is C15H24Cl2N4O3. The molecule has 0 radical (unpaired) electrons. The lowest BCUT2D eigenvalue weighted by molar-refractivity contribution is -0.135. The maximum absolute atomic E-state index is 12.3. The molecule has 2 amide bonds. The van der Waals surface area contributed by atoms with E-state index in [0.29, 0.717) is 38.3 Å². The molecule has 1 aliphatic rings. The molecule has 1 fully saturated rings. The Kier molecular flexibility index (Phi) is 10.5. The Morgan fingerprint density at radius 1 is 1.29 bits per heavy atom. The molecule has 24 heavy (non-hydrogen) atoms. The van der Waals surface area contributed by atoms with Gasteiger partial charge in [0.05, 0.1) is 17.3 Å². The van der Waals surface area contributed by atoms with Crippen LogP contribution in [0.15, 0.2) is 24.5 Å². The Morgan fingerprint density at radius 2 is 2.00 bits per heavy atom. The molecule has 136 valence electrons. The van der Waals surface area contributed by atoms with Crippen LogP contribution in [0.25, 0.3) is 0 Å². The summed E-state index contributed by atoms with van der Waals surface area (Å²) in [7, 11) is 0. The number of amides is 2. The van der Waals surface area contributed by atoms with Crippen LogP contribution in [-0.2, 0) is 14.3 Å². The van der Waals surface area contributed by atoms with Crippen molar-refractivity contribution in [3.05, 3.63) is 24.5 Å². The van der Waals surface area contributed by atoms with Gasteiger partial charge in [-0.1, -0.05) is 0 Å². The minimum absolute atomic E-state index is 0. The van der Waals surface area contributed by atoms with Gasteiger partial charge >= 0.3 is 0 Å². The van der Waals surface area contributed by atoms with E-state index in [4.69, 9.17) is 10.5 Å². The largest absolute Gasteiger partial charge is 0.381 e. The van der Waals surface area contributed by atoms with E-state index in [2.05, 4.69) is 15.6 Å². The summed E-state index contributed by atoms with van der Waals surface area (Å²) >= 11 is 0. The minimum Gasteiger partial charge on any atom is -0.381 e. The van der Waals surface area contributed by atoms with Gasteiger partial charge in [-0.05, 0) is 25.0 Å². The fourth-order valence-electron chi connectivity index (χ4n) is 2.42. The molecule has 9 heteroatoms. The lowest BCUT2D eigenvalue weighted by atomic mass is 9.79. The molecule has 0 aliphatic carbocycles. The van der Waals surface area contributed by atoms with E-state index in [1.54, 1.807) is 24.5 Å². The van der Waals surface area contributed by atoms with E-state index in [9.17, 15) is 9.59 Å². The first-order valence-corrected chi connectivity index (χ1v) is 7.42. The number of halogens is 2. The Labute approximate surface area is 153 Å². The molecule has 0 aromatic carbocycles. The van der Waals surface area contributed by atoms with Crippen molar-refractivity contribution in [2.24, 2.45) is 11.1 Å². The first kappa shape index (κ1) is 22.6. The summed E-state index contributed by atoms with van der Waals surface area (Å²) < 4.78 is 5.28. The quantitative estimate of drug-likeness (QED) is 0.687. The molecule has 0 bridgehead atoms. The molecule has 1 aromatic heterocycles. The predicted molar refractivity (Wildman–Crippen MR) is 96.5 cm³/mol. The van der Waals surface area contributed by atoms with Crippen LogP contribution in [0.3, 0.4) is 0 Å². The van der Waals surface area contributed by atoms with Crippen molar-refractivity contribution in [3.8, 4) is 0 Å². The highest BCUT2D eigenvalue weighted by atomic mass is 35.5. The van der Waals surface area contributed by atoms with Crippen molar-refractivity contribution in [1.29, 1.82) is 0 Å². The second-order valence-corrected chi connectivity index (χ2v) is 5.39. The standard InChI is InChI=1S/C15H22N4O3.2ClH/c16-11-15(4-8-22-9-5-15)14(21)18-7-3-13(20)19-12-2-1-6-17-10-12;;/h1-2,6,10H,3-5,7-9,11,16H2,(H,18,21)(H,19,20);2*1H. The molecule has 0 saturated carbocycles. The van der Waals surface area contributed by atoms with Gasteiger partial charge < -0.3 is 21.1 Å². The van der Waals surface area contributed by atoms with Crippen LogP contribution < -0.4 is 16.4 Å². The van der Waals surface area contributed by atoms with E-state index in [0.717, 1.165) is 0 Å². The zero-order valence-electron chi connectivity index (χ0n) is 13.3. The fraction of sp³-hybridized carbons (Fsp3) is 0.533. The van der Waals surface area contributed by atoms with Gasteiger partial charge in [-0.15, -0.1) is 24.8 Å². The number of carbonyl (C=O) groups excluding carboxylic acids is 2. The van der Waals surface area contributed by atoms with Crippen molar-refractivity contribution in [3.63, 3.8) is 0 Å². The Balaban J connectivity index is 0.00000264. The summed E-state index contributed by atoms with van der Waals surface area (Å²) in [6.45, 7) is 1.68. The number of anilines is 1. The van der Waals surface area contributed by atoms with E-state index < -0.39 is 5.41 Å². The highest BCUT2D eigenvalue weighted by molar-refractivity contribution is 5.91. The van der Waals surface area contributed by atoms with Gasteiger partial charge in [0.1, 0.15) is 0 Å². The maximum atomic E-state index is 12.3. The molecule has 2 rings (SSSR count). The number of nitrogens with two attached hydrogens (primary N) is 1. The summed E-state index contributed by atoms with van der Waals surface area (Å²) in [5, 5.41) is 5.53. The molecule has 0 spiro atoms. The number of carbonyl (C=O) groups is 2. The summed E-state index contributed by atoms with van der Waals surface area (Å²) in [5.41, 5.74) is 5.85. The number of hydrogen-bond donors (Lipinski definition) is 3. The van der Waals surface area contributed by atoms with Crippen LogP contribution in [0.1, 0.15) is 19.3 Å². The maximum Gasteiger partial charge on any atom is 0.227 e. The highest BCUT2D eigenvalue weighted by Crippen LogP contribution is 2.29. The number of pyridine rings is 1. The van der Waals surface area contributed by atoms with Gasteiger partial charge in [-0.2, -0.15) is 0 Å². The van der Waals surface area contributed by atoms with Gasteiger partial charge in [0.15, 0.2) is 0 Å². The zero-order valence-corrected chi connectivity index (χ0v) is 15.0. The third kappa shape index (κ3) is 6.24. The van der Waals surface area contributed by atoms with Crippen molar-refractivity contribution in [2.45, 2.75) is 19.3 Å². The first-order valence-electron chi connectivity index (χ1n) is 7.42. The molecule has 0 atom stereocenters. The number of rotatable bonds is 6. The number of aromatic nitrogens is 1. The number of ether oxygens (including phenoxy) is 1.